The average molecular weight is 249 g/mol. The van der Waals surface area contributed by atoms with Crippen LogP contribution in [0.15, 0.2) is 18.3 Å². The number of carbonyl (C=O) groups is 1. The molecule has 2 heterocycles. The summed E-state index contributed by atoms with van der Waals surface area (Å²) in [6, 6.07) is 3.68. The number of thiazole rings is 1. The highest BCUT2D eigenvalue weighted by molar-refractivity contribution is 7.16. The number of carbonyl (C=O) groups excluding carboxylic acids is 1. The smallest absolute Gasteiger partial charge is 0.349 e. The van der Waals surface area contributed by atoms with Crippen LogP contribution >= 0.6 is 11.3 Å². The minimum atomic E-state index is -0.351. The van der Waals surface area contributed by atoms with Crippen LogP contribution in [0.4, 0.5) is 0 Å². The summed E-state index contributed by atoms with van der Waals surface area (Å²) in [5, 5.41) is 8.63. The van der Waals surface area contributed by atoms with Crippen LogP contribution in [0.25, 0.3) is 10.7 Å². The van der Waals surface area contributed by atoms with Crippen LogP contribution in [0.1, 0.15) is 22.3 Å². The van der Waals surface area contributed by atoms with Crippen molar-refractivity contribution in [3.63, 3.8) is 0 Å². The lowest BCUT2D eigenvalue weighted by molar-refractivity contribution is 0.0532. The Bertz CT molecular complexity index is 522. The van der Waals surface area contributed by atoms with Gasteiger partial charge in [-0.2, -0.15) is 5.10 Å². The van der Waals surface area contributed by atoms with Gasteiger partial charge in [0.25, 0.3) is 0 Å². The van der Waals surface area contributed by atoms with E-state index >= 15 is 0 Å². The van der Waals surface area contributed by atoms with E-state index in [0.29, 0.717) is 22.2 Å². The van der Waals surface area contributed by atoms with Gasteiger partial charge in [0.2, 0.25) is 0 Å². The molecule has 0 aliphatic rings. The Kier molecular flexibility index (Phi) is 3.43. The van der Waals surface area contributed by atoms with E-state index in [4.69, 9.17) is 4.74 Å². The van der Waals surface area contributed by atoms with Crippen LogP contribution in [0.2, 0.25) is 0 Å². The number of aryl methyl sites for hydroxylation is 1. The van der Waals surface area contributed by atoms with Gasteiger partial charge in [0.05, 0.1) is 18.5 Å². The Labute approximate surface area is 102 Å². The topological polar surface area (TPSA) is 65.0 Å². The van der Waals surface area contributed by atoms with Crippen molar-refractivity contribution in [2.24, 2.45) is 0 Å². The van der Waals surface area contributed by atoms with E-state index in [9.17, 15) is 4.79 Å². The van der Waals surface area contributed by atoms with Crippen LogP contribution < -0.4 is 0 Å². The Balaban J connectivity index is 2.23. The summed E-state index contributed by atoms with van der Waals surface area (Å²) >= 11 is 1.25. The molecule has 0 spiro atoms. The van der Waals surface area contributed by atoms with Crippen molar-refractivity contribution in [2.45, 2.75) is 13.8 Å². The number of rotatable bonds is 3. The van der Waals surface area contributed by atoms with Crippen molar-refractivity contribution < 1.29 is 9.53 Å². The van der Waals surface area contributed by atoms with E-state index in [2.05, 4.69) is 15.2 Å². The van der Waals surface area contributed by atoms with E-state index in [1.54, 1.807) is 6.92 Å². The number of aromatic nitrogens is 3. The quantitative estimate of drug-likeness (QED) is 0.779. The SMILES string of the molecule is CCOC(=O)c1cnc(-c2ccc(C)nn2)s1. The van der Waals surface area contributed by atoms with Gasteiger partial charge in [-0.3, -0.25) is 0 Å². The third kappa shape index (κ3) is 2.65. The van der Waals surface area contributed by atoms with Gasteiger partial charge >= 0.3 is 5.97 Å². The summed E-state index contributed by atoms with van der Waals surface area (Å²) in [7, 11) is 0. The highest BCUT2D eigenvalue weighted by Crippen LogP contribution is 2.23. The monoisotopic (exact) mass is 249 g/mol. The molecular weight excluding hydrogens is 238 g/mol. The lowest BCUT2D eigenvalue weighted by Crippen LogP contribution is -2.01. The van der Waals surface area contributed by atoms with E-state index in [1.807, 2.05) is 19.1 Å². The molecule has 0 radical (unpaired) electrons. The standard InChI is InChI=1S/C11H11N3O2S/c1-3-16-11(15)9-6-12-10(17-9)8-5-4-7(2)13-14-8/h4-6H,3H2,1-2H3. The molecule has 0 aliphatic heterocycles. The predicted octanol–water partition coefficient (Wildman–Crippen LogP) is 2.09. The summed E-state index contributed by atoms with van der Waals surface area (Å²) in [6.45, 7) is 3.99. The van der Waals surface area contributed by atoms with Gasteiger partial charge in [-0.05, 0) is 26.0 Å². The highest BCUT2D eigenvalue weighted by atomic mass is 32.1. The molecular formula is C11H11N3O2S. The molecule has 0 fully saturated rings. The molecule has 0 bridgehead atoms. The largest absolute Gasteiger partial charge is 0.462 e. The van der Waals surface area contributed by atoms with Crippen molar-refractivity contribution >= 4 is 17.3 Å². The Hall–Kier alpha value is -1.82. The van der Waals surface area contributed by atoms with Crippen molar-refractivity contribution in [1.29, 1.82) is 0 Å². The minimum Gasteiger partial charge on any atom is -0.462 e. The fourth-order valence-electron chi connectivity index (χ4n) is 1.20. The second kappa shape index (κ2) is 5.01. The molecule has 2 aromatic rings. The number of ether oxygens (including phenoxy) is 1. The van der Waals surface area contributed by atoms with Gasteiger partial charge < -0.3 is 4.74 Å². The molecule has 0 amide bonds. The third-order valence-corrected chi connectivity index (χ3v) is 3.00. The first-order valence-electron chi connectivity index (χ1n) is 5.14. The lowest BCUT2D eigenvalue weighted by Gasteiger charge is -1.96. The van der Waals surface area contributed by atoms with E-state index in [0.717, 1.165) is 5.69 Å². The van der Waals surface area contributed by atoms with E-state index < -0.39 is 0 Å². The number of nitrogens with zero attached hydrogens (tertiary/aromatic N) is 3. The molecule has 0 atom stereocenters. The van der Waals surface area contributed by atoms with Crippen LogP contribution in [0.5, 0.6) is 0 Å². The Morgan fingerprint density at radius 2 is 2.24 bits per heavy atom. The maximum absolute atomic E-state index is 11.5. The first-order valence-corrected chi connectivity index (χ1v) is 5.96. The van der Waals surface area contributed by atoms with Crippen molar-refractivity contribution in [3.8, 4) is 10.7 Å². The van der Waals surface area contributed by atoms with Gasteiger partial charge in [0, 0.05) is 0 Å². The summed E-state index contributed by atoms with van der Waals surface area (Å²) in [4.78, 5) is 16.1. The highest BCUT2D eigenvalue weighted by Gasteiger charge is 2.13. The van der Waals surface area contributed by atoms with Crippen LogP contribution in [0.3, 0.4) is 0 Å². The summed E-state index contributed by atoms with van der Waals surface area (Å²) in [5.41, 5.74) is 1.51. The van der Waals surface area contributed by atoms with Crippen molar-refractivity contribution in [3.05, 3.63) is 28.9 Å². The zero-order valence-corrected chi connectivity index (χ0v) is 10.3. The van der Waals surface area contributed by atoms with Crippen LogP contribution in [-0.2, 0) is 4.74 Å². The van der Waals surface area contributed by atoms with E-state index in [-0.39, 0.29) is 5.97 Å². The summed E-state index contributed by atoms with van der Waals surface area (Å²) in [6.07, 6.45) is 1.50. The molecule has 17 heavy (non-hydrogen) atoms. The normalized spacial score (nSPS) is 10.2. The van der Waals surface area contributed by atoms with Gasteiger partial charge in [-0.25, -0.2) is 9.78 Å². The van der Waals surface area contributed by atoms with Gasteiger partial charge in [-0.15, -0.1) is 16.4 Å². The second-order valence-electron chi connectivity index (χ2n) is 3.31. The lowest BCUT2D eigenvalue weighted by atomic mass is 10.3. The van der Waals surface area contributed by atoms with E-state index in [1.165, 1.54) is 17.5 Å². The van der Waals surface area contributed by atoms with Gasteiger partial charge in [0.15, 0.2) is 0 Å². The molecule has 0 N–H and O–H groups in total. The fourth-order valence-corrected chi connectivity index (χ4v) is 1.98. The molecule has 5 nitrogen and oxygen atoms in total. The second-order valence-corrected chi connectivity index (χ2v) is 4.34. The van der Waals surface area contributed by atoms with Crippen molar-refractivity contribution in [2.75, 3.05) is 6.61 Å². The maximum atomic E-state index is 11.5. The zero-order chi connectivity index (χ0) is 12.3. The van der Waals surface area contributed by atoms with Crippen molar-refractivity contribution in [1.82, 2.24) is 15.2 Å². The molecule has 6 heteroatoms. The maximum Gasteiger partial charge on any atom is 0.349 e. The predicted molar refractivity (Wildman–Crippen MR) is 63.8 cm³/mol. The van der Waals surface area contributed by atoms with Gasteiger partial charge in [-0.1, -0.05) is 0 Å². The summed E-state index contributed by atoms with van der Waals surface area (Å²) < 4.78 is 4.89. The molecule has 88 valence electrons. The van der Waals surface area contributed by atoms with Crippen LogP contribution in [-0.4, -0.2) is 27.8 Å². The third-order valence-electron chi connectivity index (χ3n) is 2.00. The Morgan fingerprint density at radius 3 is 2.88 bits per heavy atom. The molecule has 2 rings (SSSR count). The number of hydrogen-bond donors (Lipinski definition) is 0. The molecule has 0 saturated carbocycles. The molecule has 2 aromatic heterocycles. The number of esters is 1. The molecule has 0 saturated heterocycles. The average Bonchev–Trinajstić information content (AvgIpc) is 2.80. The number of hydrogen-bond acceptors (Lipinski definition) is 6. The summed E-state index contributed by atoms with van der Waals surface area (Å²) in [5.74, 6) is -0.351. The molecule has 0 aromatic carbocycles. The molecule has 0 unspecified atom stereocenters. The molecule has 0 aliphatic carbocycles. The zero-order valence-electron chi connectivity index (χ0n) is 9.51. The fraction of sp³-hybridized carbons (Fsp3) is 0.273. The Morgan fingerprint density at radius 1 is 1.41 bits per heavy atom. The minimum absolute atomic E-state index is 0.351. The van der Waals surface area contributed by atoms with Gasteiger partial charge in [0.1, 0.15) is 15.6 Å². The first kappa shape index (κ1) is 11.7. The van der Waals surface area contributed by atoms with Crippen LogP contribution in [0, 0.1) is 6.92 Å². The first-order chi connectivity index (χ1) is 8.20.